The van der Waals surface area contributed by atoms with Gasteiger partial charge in [0.25, 0.3) is 0 Å². The third-order valence-corrected chi connectivity index (χ3v) is 4.68. The molecular formula is C15H27N. The van der Waals surface area contributed by atoms with Crippen LogP contribution >= 0.6 is 0 Å². The molecule has 1 heteroatoms. The molecule has 92 valence electrons. The first-order valence-corrected chi connectivity index (χ1v) is 7.12. The lowest BCUT2D eigenvalue weighted by molar-refractivity contribution is 0.353. The number of hydrogen-bond donors (Lipinski definition) is 1. The fourth-order valence-corrected chi connectivity index (χ4v) is 3.44. The molecular weight excluding hydrogens is 194 g/mol. The van der Waals surface area contributed by atoms with Gasteiger partial charge in [-0.2, -0.15) is 0 Å². The molecule has 0 spiro atoms. The molecule has 1 atom stereocenters. The van der Waals surface area contributed by atoms with Gasteiger partial charge in [-0.3, -0.25) is 0 Å². The Kier molecular flexibility index (Phi) is 3.73. The summed E-state index contributed by atoms with van der Waals surface area (Å²) >= 11 is 0. The molecule has 2 N–H and O–H groups in total. The van der Waals surface area contributed by atoms with Crippen LogP contribution in [0.4, 0.5) is 0 Å². The van der Waals surface area contributed by atoms with Crippen molar-refractivity contribution in [2.45, 2.75) is 77.2 Å². The summed E-state index contributed by atoms with van der Waals surface area (Å²) in [4.78, 5) is 0. The zero-order valence-electron chi connectivity index (χ0n) is 11.0. The summed E-state index contributed by atoms with van der Waals surface area (Å²) in [5.41, 5.74) is 9.95. The van der Waals surface area contributed by atoms with E-state index in [4.69, 9.17) is 5.73 Å². The Morgan fingerprint density at radius 2 is 1.88 bits per heavy atom. The maximum atomic E-state index is 6.21. The summed E-state index contributed by atoms with van der Waals surface area (Å²) in [7, 11) is 0. The largest absolute Gasteiger partial charge is 0.325 e. The van der Waals surface area contributed by atoms with Crippen molar-refractivity contribution in [3.63, 3.8) is 0 Å². The highest BCUT2D eigenvalue weighted by molar-refractivity contribution is 5.21. The minimum Gasteiger partial charge on any atom is -0.325 e. The average molecular weight is 221 g/mol. The number of rotatable bonds is 1. The normalized spacial score (nSPS) is 36.6. The van der Waals surface area contributed by atoms with Crippen molar-refractivity contribution in [2.75, 3.05) is 0 Å². The van der Waals surface area contributed by atoms with E-state index in [9.17, 15) is 0 Å². The summed E-state index contributed by atoms with van der Waals surface area (Å²) in [6.07, 6.45) is 12.0. The molecule has 2 aliphatic carbocycles. The molecule has 2 rings (SSSR count). The molecule has 0 radical (unpaired) electrons. The van der Waals surface area contributed by atoms with Gasteiger partial charge in [0, 0.05) is 5.54 Å². The van der Waals surface area contributed by atoms with Crippen LogP contribution in [-0.4, -0.2) is 5.54 Å². The van der Waals surface area contributed by atoms with Gasteiger partial charge < -0.3 is 5.73 Å². The van der Waals surface area contributed by atoms with Crippen molar-refractivity contribution in [1.82, 2.24) is 0 Å². The van der Waals surface area contributed by atoms with Gasteiger partial charge in [0.2, 0.25) is 0 Å². The molecule has 0 aromatic rings. The molecule has 2 fully saturated rings. The number of nitrogens with two attached hydrogens (primary N) is 1. The van der Waals surface area contributed by atoms with Gasteiger partial charge in [-0.05, 0) is 64.2 Å². The molecule has 0 aromatic heterocycles. The highest BCUT2D eigenvalue weighted by Crippen LogP contribution is 2.39. The maximum absolute atomic E-state index is 6.21. The summed E-state index contributed by atoms with van der Waals surface area (Å²) in [5.74, 6) is 0.908. The number of allylic oxidation sites excluding steroid dienone is 2. The molecule has 1 nitrogen and oxygen atoms in total. The predicted octanol–water partition coefficient (Wildman–Crippen LogP) is 4.17. The zero-order valence-corrected chi connectivity index (χ0v) is 11.0. The Morgan fingerprint density at radius 1 is 1.19 bits per heavy atom. The van der Waals surface area contributed by atoms with Gasteiger partial charge in [-0.15, -0.1) is 0 Å². The van der Waals surface area contributed by atoms with Gasteiger partial charge in [0.1, 0.15) is 0 Å². The minimum atomic E-state index is 0.112. The third-order valence-electron chi connectivity index (χ3n) is 4.68. The second-order valence-electron chi connectivity index (χ2n) is 6.13. The fraction of sp³-hybridized carbons (Fsp3) is 0.867. The molecule has 0 bridgehead atoms. The summed E-state index contributed by atoms with van der Waals surface area (Å²) < 4.78 is 0. The van der Waals surface area contributed by atoms with E-state index in [1.807, 2.05) is 5.57 Å². The van der Waals surface area contributed by atoms with Crippen molar-refractivity contribution in [1.29, 1.82) is 0 Å². The first kappa shape index (κ1) is 12.2. The van der Waals surface area contributed by atoms with Crippen LogP contribution in [0.15, 0.2) is 11.1 Å². The summed E-state index contributed by atoms with van der Waals surface area (Å²) in [6.45, 7) is 4.57. The van der Waals surface area contributed by atoms with E-state index in [0.29, 0.717) is 0 Å². The monoisotopic (exact) mass is 221 g/mol. The van der Waals surface area contributed by atoms with E-state index in [-0.39, 0.29) is 5.54 Å². The van der Waals surface area contributed by atoms with E-state index in [1.54, 1.807) is 5.57 Å². The van der Waals surface area contributed by atoms with Crippen LogP contribution in [0.2, 0.25) is 0 Å². The Labute approximate surface area is 100 Å². The maximum Gasteiger partial charge on any atom is 0.0132 e. The predicted molar refractivity (Wildman–Crippen MR) is 70.3 cm³/mol. The Bertz CT molecular complexity index is 263. The molecule has 2 aliphatic rings. The fourth-order valence-electron chi connectivity index (χ4n) is 3.44. The van der Waals surface area contributed by atoms with Crippen LogP contribution < -0.4 is 5.73 Å². The van der Waals surface area contributed by atoms with Gasteiger partial charge in [-0.1, -0.05) is 24.5 Å². The average Bonchev–Trinajstić information content (AvgIpc) is 2.29. The first-order chi connectivity index (χ1) is 7.62. The van der Waals surface area contributed by atoms with Crippen LogP contribution in [-0.2, 0) is 0 Å². The molecule has 0 heterocycles. The summed E-state index contributed by atoms with van der Waals surface area (Å²) in [5, 5.41) is 0. The Morgan fingerprint density at radius 3 is 2.50 bits per heavy atom. The van der Waals surface area contributed by atoms with E-state index < -0.39 is 0 Å². The second kappa shape index (κ2) is 4.91. The SMILES string of the molecule is CCC1CCCCC1=C1CCC(C)(N)CC1. The van der Waals surface area contributed by atoms with Crippen LogP contribution in [0.1, 0.15) is 71.6 Å². The van der Waals surface area contributed by atoms with Gasteiger partial charge in [0.15, 0.2) is 0 Å². The third kappa shape index (κ3) is 2.68. The molecule has 16 heavy (non-hydrogen) atoms. The smallest absolute Gasteiger partial charge is 0.0132 e. The van der Waals surface area contributed by atoms with Crippen molar-refractivity contribution in [2.24, 2.45) is 11.7 Å². The van der Waals surface area contributed by atoms with Crippen molar-refractivity contribution < 1.29 is 0 Å². The Balaban J connectivity index is 2.08. The molecule has 0 aromatic carbocycles. The van der Waals surface area contributed by atoms with E-state index in [1.165, 1.54) is 57.8 Å². The lowest BCUT2D eigenvalue weighted by atomic mass is 9.73. The molecule has 1 unspecified atom stereocenters. The van der Waals surface area contributed by atoms with E-state index in [0.717, 1.165) is 5.92 Å². The highest BCUT2D eigenvalue weighted by Gasteiger charge is 2.27. The number of hydrogen-bond acceptors (Lipinski definition) is 1. The highest BCUT2D eigenvalue weighted by atomic mass is 14.7. The van der Waals surface area contributed by atoms with Gasteiger partial charge >= 0.3 is 0 Å². The van der Waals surface area contributed by atoms with E-state index >= 15 is 0 Å². The second-order valence-corrected chi connectivity index (χ2v) is 6.13. The summed E-state index contributed by atoms with van der Waals surface area (Å²) in [6, 6.07) is 0. The van der Waals surface area contributed by atoms with Gasteiger partial charge in [-0.25, -0.2) is 0 Å². The van der Waals surface area contributed by atoms with Crippen molar-refractivity contribution in [3.8, 4) is 0 Å². The molecule has 2 saturated carbocycles. The standard InChI is InChI=1S/C15H27N/c1-3-12-6-4-5-7-14(12)13-8-10-15(2,16)11-9-13/h12H,3-11,16H2,1-2H3. The lowest BCUT2D eigenvalue weighted by Crippen LogP contribution is -2.38. The van der Waals surface area contributed by atoms with Crippen LogP contribution in [0.25, 0.3) is 0 Å². The first-order valence-electron chi connectivity index (χ1n) is 7.12. The lowest BCUT2D eigenvalue weighted by Gasteiger charge is -2.35. The van der Waals surface area contributed by atoms with Crippen molar-refractivity contribution in [3.05, 3.63) is 11.1 Å². The van der Waals surface area contributed by atoms with E-state index in [2.05, 4.69) is 13.8 Å². The Hall–Kier alpha value is -0.300. The quantitative estimate of drug-likeness (QED) is 0.661. The van der Waals surface area contributed by atoms with Crippen LogP contribution in [0.5, 0.6) is 0 Å². The topological polar surface area (TPSA) is 26.0 Å². The minimum absolute atomic E-state index is 0.112. The molecule has 0 saturated heterocycles. The zero-order chi connectivity index (χ0) is 11.6. The van der Waals surface area contributed by atoms with Gasteiger partial charge in [0.05, 0.1) is 0 Å². The molecule has 0 amide bonds. The van der Waals surface area contributed by atoms with Crippen molar-refractivity contribution >= 4 is 0 Å². The van der Waals surface area contributed by atoms with Crippen LogP contribution in [0.3, 0.4) is 0 Å². The molecule has 0 aliphatic heterocycles. The van der Waals surface area contributed by atoms with Crippen LogP contribution in [0, 0.1) is 5.92 Å².